The highest BCUT2D eigenvalue weighted by atomic mass is 32.2. The molecule has 2 aromatic carbocycles. The summed E-state index contributed by atoms with van der Waals surface area (Å²) >= 11 is 1.78. The average Bonchev–Trinajstić information content (AvgIpc) is 3.66. The number of anilines is 1. The van der Waals surface area contributed by atoms with Crippen LogP contribution in [0.1, 0.15) is 57.7 Å². The third-order valence-corrected chi connectivity index (χ3v) is 8.88. The molecule has 3 atom stereocenters. The van der Waals surface area contributed by atoms with Gasteiger partial charge in [0.05, 0.1) is 23.2 Å². The van der Waals surface area contributed by atoms with Gasteiger partial charge in [0, 0.05) is 39.6 Å². The molecule has 6 N–H and O–H groups in total. The first kappa shape index (κ1) is 32.0. The fourth-order valence-corrected chi connectivity index (χ4v) is 6.70. The van der Waals surface area contributed by atoms with Crippen molar-refractivity contribution < 1.29 is 45.5 Å². The maximum absolute atomic E-state index is 13.2. The van der Waals surface area contributed by atoms with E-state index in [4.69, 9.17) is 0 Å². The molecule has 2 fully saturated rings. The van der Waals surface area contributed by atoms with Crippen molar-refractivity contribution in [3.63, 3.8) is 0 Å². The Labute approximate surface area is 255 Å². The van der Waals surface area contributed by atoms with Gasteiger partial charge in [-0.05, 0) is 55.3 Å². The molecule has 0 aliphatic carbocycles. The Morgan fingerprint density at radius 1 is 0.867 bits per heavy atom. The smallest absolute Gasteiger partial charge is 0.351 e. The predicted molar refractivity (Wildman–Crippen MR) is 152 cm³/mol. The first-order valence-electron chi connectivity index (χ1n) is 13.7. The molecule has 1 aromatic heterocycles. The maximum Gasteiger partial charge on any atom is 0.416 e. The first-order chi connectivity index (χ1) is 21.2. The number of thioether (sulfide) groups is 1. The van der Waals surface area contributed by atoms with Gasteiger partial charge in [-0.3, -0.25) is 25.2 Å². The number of H-pyrrole nitrogens is 1. The third-order valence-electron chi connectivity index (χ3n) is 7.37. The van der Waals surface area contributed by atoms with Gasteiger partial charge in [-0.1, -0.05) is 6.42 Å². The van der Waals surface area contributed by atoms with E-state index in [1.165, 1.54) is 24.3 Å². The van der Waals surface area contributed by atoms with Crippen LogP contribution in [-0.4, -0.2) is 51.8 Å². The molecule has 5 amide bonds. The molecule has 10 nitrogen and oxygen atoms in total. The lowest BCUT2D eigenvalue weighted by atomic mass is 10.0. The van der Waals surface area contributed by atoms with Gasteiger partial charge >= 0.3 is 18.4 Å². The van der Waals surface area contributed by atoms with Crippen molar-refractivity contribution in [2.75, 3.05) is 11.1 Å². The number of halogens is 6. The quantitative estimate of drug-likeness (QED) is 0.0881. The SMILES string of the molecule is O=C(CCCCC1SC[C@@H]2NC(=O)N[C@H]12)NNC(=O)c1ccc2[nH]c(C(=O)Nc3cc(C(F)(F)F)cc(C(F)(F)F)c3)cc2c1. The monoisotopic (exact) mass is 656 g/mol. The topological polar surface area (TPSA) is 144 Å². The molecule has 2 aliphatic rings. The number of alkyl halides is 6. The highest BCUT2D eigenvalue weighted by molar-refractivity contribution is 8.00. The molecule has 240 valence electrons. The normalized spacial score (nSPS) is 19.5. The molecule has 2 aliphatic heterocycles. The number of unbranched alkanes of at least 4 members (excludes halogenated alkanes) is 1. The van der Waals surface area contributed by atoms with Crippen LogP contribution in [0, 0.1) is 0 Å². The number of carbonyl (C=O) groups is 4. The van der Waals surface area contributed by atoms with Crippen molar-refractivity contribution in [3.8, 4) is 0 Å². The van der Waals surface area contributed by atoms with Crippen LogP contribution in [0.15, 0.2) is 42.5 Å². The van der Waals surface area contributed by atoms with Crippen molar-refractivity contribution >= 4 is 52.1 Å². The van der Waals surface area contributed by atoms with Crippen LogP contribution in [0.3, 0.4) is 0 Å². The minimum absolute atomic E-state index is 0.0469. The summed E-state index contributed by atoms with van der Waals surface area (Å²) < 4.78 is 78.9. The average molecular weight is 657 g/mol. The van der Waals surface area contributed by atoms with Crippen LogP contribution < -0.4 is 26.8 Å². The first-order valence-corrected chi connectivity index (χ1v) is 14.7. The minimum atomic E-state index is -5.08. The molecular formula is C28H26F6N6O4S. The summed E-state index contributed by atoms with van der Waals surface area (Å²) in [5.41, 5.74) is 1.08. The Bertz CT molecular complexity index is 1610. The Morgan fingerprint density at radius 3 is 2.27 bits per heavy atom. The number of fused-ring (bicyclic) bond motifs is 2. The Hall–Kier alpha value is -4.41. The number of aromatic amines is 1. The number of amides is 5. The third kappa shape index (κ3) is 7.64. The Kier molecular flexibility index (Phi) is 8.91. The van der Waals surface area contributed by atoms with Crippen LogP contribution in [0.2, 0.25) is 0 Å². The zero-order valence-corrected chi connectivity index (χ0v) is 23.9. The number of benzene rings is 2. The number of nitrogens with one attached hydrogen (secondary N) is 6. The highest BCUT2D eigenvalue weighted by Crippen LogP contribution is 2.38. The van der Waals surface area contributed by atoms with E-state index in [1.54, 1.807) is 11.8 Å². The van der Waals surface area contributed by atoms with Crippen molar-refractivity contribution in [1.29, 1.82) is 0 Å². The van der Waals surface area contributed by atoms with Gasteiger partial charge in [0.25, 0.3) is 11.8 Å². The van der Waals surface area contributed by atoms with E-state index in [0.717, 1.165) is 18.6 Å². The number of hydrogen-bond donors (Lipinski definition) is 6. The minimum Gasteiger partial charge on any atom is -0.351 e. The van der Waals surface area contributed by atoms with E-state index >= 15 is 0 Å². The van der Waals surface area contributed by atoms with E-state index in [1.807, 2.05) is 5.32 Å². The number of hydrogen-bond acceptors (Lipinski definition) is 5. The highest BCUT2D eigenvalue weighted by Gasteiger charge is 2.42. The molecular weight excluding hydrogens is 630 g/mol. The molecule has 0 spiro atoms. The van der Waals surface area contributed by atoms with Gasteiger partial charge in [0.15, 0.2) is 0 Å². The lowest BCUT2D eigenvalue weighted by Gasteiger charge is -2.16. The molecule has 0 saturated carbocycles. The van der Waals surface area contributed by atoms with Gasteiger partial charge in [-0.15, -0.1) is 0 Å². The molecule has 0 radical (unpaired) electrons. The summed E-state index contributed by atoms with van der Waals surface area (Å²) in [6, 6.07) is 6.29. The summed E-state index contributed by atoms with van der Waals surface area (Å²) in [7, 11) is 0. The van der Waals surface area contributed by atoms with Gasteiger partial charge in [0.2, 0.25) is 5.91 Å². The second-order valence-corrected chi connectivity index (χ2v) is 11.9. The van der Waals surface area contributed by atoms with E-state index in [2.05, 4.69) is 26.5 Å². The molecule has 3 heterocycles. The molecule has 0 bridgehead atoms. The fraction of sp³-hybridized carbons (Fsp3) is 0.357. The van der Waals surface area contributed by atoms with Crippen molar-refractivity contribution in [2.45, 2.75) is 55.4 Å². The van der Waals surface area contributed by atoms with E-state index in [9.17, 15) is 45.5 Å². The largest absolute Gasteiger partial charge is 0.416 e. The lowest BCUT2D eigenvalue weighted by Crippen LogP contribution is -2.41. The van der Waals surface area contributed by atoms with Crippen LogP contribution in [-0.2, 0) is 17.1 Å². The van der Waals surface area contributed by atoms with Crippen LogP contribution >= 0.6 is 11.8 Å². The van der Waals surface area contributed by atoms with Crippen molar-refractivity contribution in [3.05, 3.63) is 64.8 Å². The van der Waals surface area contributed by atoms with Gasteiger partial charge in [-0.2, -0.15) is 38.1 Å². The van der Waals surface area contributed by atoms with Crippen molar-refractivity contribution in [1.82, 2.24) is 26.5 Å². The lowest BCUT2D eigenvalue weighted by molar-refractivity contribution is -0.143. The maximum atomic E-state index is 13.2. The van der Waals surface area contributed by atoms with E-state index in [0.29, 0.717) is 29.5 Å². The van der Waals surface area contributed by atoms with E-state index in [-0.39, 0.29) is 47.1 Å². The second kappa shape index (κ2) is 12.5. The fourth-order valence-electron chi connectivity index (χ4n) is 5.16. The van der Waals surface area contributed by atoms with Gasteiger partial charge in [-0.25, -0.2) is 4.79 Å². The number of carbonyl (C=O) groups excluding carboxylic acids is 4. The molecule has 45 heavy (non-hydrogen) atoms. The number of rotatable bonds is 8. The zero-order valence-electron chi connectivity index (χ0n) is 23.1. The van der Waals surface area contributed by atoms with Crippen LogP contribution in [0.4, 0.5) is 36.8 Å². The van der Waals surface area contributed by atoms with E-state index < -0.39 is 46.9 Å². The summed E-state index contributed by atoms with van der Waals surface area (Å²) in [5.74, 6) is -1.22. The van der Waals surface area contributed by atoms with Gasteiger partial charge in [0.1, 0.15) is 5.69 Å². The van der Waals surface area contributed by atoms with Crippen molar-refractivity contribution in [2.24, 2.45) is 0 Å². The standard InChI is InChI=1S/C28H26F6N6O4S/c29-27(30,31)15-9-16(28(32,33)34)11-17(10-15)35-25(43)19-8-14-7-13(5-6-18(14)36-19)24(42)40-39-22(41)4-2-1-3-21-23-20(12-45-21)37-26(44)38-23/h5-11,20-21,23,36H,1-4,12H2,(H,35,43)(H,39,41)(H,40,42)(H2,37,38,44)/t20-,21?,23-/m0/s1. The Morgan fingerprint density at radius 2 is 1.58 bits per heavy atom. The molecule has 3 aromatic rings. The predicted octanol–water partition coefficient (Wildman–Crippen LogP) is 4.94. The molecule has 5 rings (SSSR count). The number of aromatic nitrogens is 1. The number of hydrazine groups is 1. The Balaban J connectivity index is 1.13. The number of urea groups is 1. The molecule has 17 heteroatoms. The zero-order chi connectivity index (χ0) is 32.5. The summed E-state index contributed by atoms with van der Waals surface area (Å²) in [5, 5.41) is 8.45. The molecule has 1 unspecified atom stereocenters. The van der Waals surface area contributed by atoms with Crippen LogP contribution in [0.25, 0.3) is 10.9 Å². The summed E-state index contributed by atoms with van der Waals surface area (Å²) in [6.45, 7) is 0. The van der Waals surface area contributed by atoms with Gasteiger partial charge < -0.3 is 20.9 Å². The second-order valence-electron chi connectivity index (χ2n) is 10.6. The summed E-state index contributed by atoms with van der Waals surface area (Å²) in [6.07, 6.45) is -7.82. The van der Waals surface area contributed by atoms with Crippen LogP contribution in [0.5, 0.6) is 0 Å². The molecule has 2 saturated heterocycles. The summed E-state index contributed by atoms with van der Waals surface area (Å²) in [4.78, 5) is 51.7.